The Morgan fingerprint density at radius 3 is 2.12 bits per heavy atom. The van der Waals surface area contributed by atoms with Crippen LogP contribution in [-0.2, 0) is 13.0 Å². The number of rotatable bonds is 4. The van der Waals surface area contributed by atoms with Gasteiger partial charge in [-0.05, 0) is 13.3 Å². The molecule has 1 aliphatic carbocycles. The Hall–Kier alpha value is -2.92. The number of carbonyl (C=O) groups excluding carboxylic acids is 2. The van der Waals surface area contributed by atoms with E-state index in [2.05, 4.69) is 6.58 Å². The van der Waals surface area contributed by atoms with E-state index in [9.17, 15) is 19.8 Å². The first kappa shape index (κ1) is 16.9. The summed E-state index contributed by atoms with van der Waals surface area (Å²) in [6.07, 6.45) is 0.258. The lowest BCUT2D eigenvalue weighted by Gasteiger charge is -2.25. The Bertz CT molecular complexity index is 924. The van der Waals surface area contributed by atoms with Crippen LogP contribution < -0.4 is 4.74 Å². The first-order chi connectivity index (χ1) is 11.9. The molecule has 0 radical (unpaired) electrons. The Morgan fingerprint density at radius 1 is 1.08 bits per heavy atom. The summed E-state index contributed by atoms with van der Waals surface area (Å²) in [7, 11) is 1.37. The van der Waals surface area contributed by atoms with Crippen molar-refractivity contribution in [2.45, 2.75) is 20.0 Å². The standard InChI is InChI=1S/C20H18O5/c1-10(2)8-13-14(9-21)20(25-3)16-15(19(13)24)17(22)11-6-4-5-7-12(11)18(16)23/h4-7,21,24H,1,8-9H2,2-3H3. The Morgan fingerprint density at radius 2 is 1.64 bits per heavy atom. The quantitative estimate of drug-likeness (QED) is 0.715. The minimum absolute atomic E-state index is 0.00165. The molecule has 2 aromatic carbocycles. The average molecular weight is 338 g/mol. The zero-order valence-electron chi connectivity index (χ0n) is 14.0. The van der Waals surface area contributed by atoms with Gasteiger partial charge >= 0.3 is 0 Å². The third-order valence-corrected chi connectivity index (χ3v) is 4.35. The van der Waals surface area contributed by atoms with Gasteiger partial charge in [0, 0.05) is 22.3 Å². The van der Waals surface area contributed by atoms with Crippen molar-refractivity contribution in [2.75, 3.05) is 7.11 Å². The van der Waals surface area contributed by atoms with Gasteiger partial charge in [-0.3, -0.25) is 9.59 Å². The molecule has 5 heteroatoms. The van der Waals surface area contributed by atoms with Crippen molar-refractivity contribution in [2.24, 2.45) is 0 Å². The lowest BCUT2D eigenvalue weighted by Crippen LogP contribution is -2.23. The number of hydrogen-bond acceptors (Lipinski definition) is 5. The van der Waals surface area contributed by atoms with Gasteiger partial charge in [-0.1, -0.05) is 36.4 Å². The molecule has 0 aliphatic heterocycles. The Balaban J connectivity index is 2.42. The summed E-state index contributed by atoms with van der Waals surface area (Å²) in [5.74, 6) is -1.02. The molecule has 128 valence electrons. The molecular formula is C20H18O5. The van der Waals surface area contributed by atoms with Crippen LogP contribution in [-0.4, -0.2) is 28.9 Å². The fourth-order valence-corrected chi connectivity index (χ4v) is 3.28. The second-order valence-corrected chi connectivity index (χ2v) is 6.08. The van der Waals surface area contributed by atoms with Gasteiger partial charge < -0.3 is 14.9 Å². The molecule has 5 nitrogen and oxygen atoms in total. The number of aliphatic hydroxyl groups is 1. The highest BCUT2D eigenvalue weighted by Crippen LogP contribution is 2.44. The molecule has 0 spiro atoms. The van der Waals surface area contributed by atoms with E-state index in [1.165, 1.54) is 7.11 Å². The minimum atomic E-state index is -0.437. The maximum Gasteiger partial charge on any atom is 0.198 e. The zero-order valence-corrected chi connectivity index (χ0v) is 14.0. The first-order valence-electron chi connectivity index (χ1n) is 7.80. The molecule has 25 heavy (non-hydrogen) atoms. The van der Waals surface area contributed by atoms with Crippen molar-refractivity contribution in [3.63, 3.8) is 0 Å². The van der Waals surface area contributed by atoms with Crippen molar-refractivity contribution >= 4 is 11.6 Å². The molecule has 0 bridgehead atoms. The lowest BCUT2D eigenvalue weighted by atomic mass is 9.80. The van der Waals surface area contributed by atoms with Crippen LogP contribution >= 0.6 is 0 Å². The van der Waals surface area contributed by atoms with E-state index >= 15 is 0 Å². The van der Waals surface area contributed by atoms with Gasteiger partial charge in [0.15, 0.2) is 11.6 Å². The molecule has 2 aromatic rings. The number of benzene rings is 2. The molecule has 1 aliphatic rings. The summed E-state index contributed by atoms with van der Waals surface area (Å²) in [5.41, 5.74) is 1.81. The number of methoxy groups -OCH3 is 1. The number of aromatic hydroxyl groups is 1. The van der Waals surface area contributed by atoms with Crippen LogP contribution in [0.2, 0.25) is 0 Å². The predicted octanol–water partition coefficient (Wildman–Crippen LogP) is 2.79. The van der Waals surface area contributed by atoms with Crippen LogP contribution in [0, 0.1) is 0 Å². The van der Waals surface area contributed by atoms with Crippen molar-refractivity contribution in [1.82, 2.24) is 0 Å². The molecule has 2 N–H and O–H groups in total. The van der Waals surface area contributed by atoms with E-state index in [-0.39, 0.29) is 40.2 Å². The van der Waals surface area contributed by atoms with E-state index < -0.39 is 18.2 Å². The summed E-state index contributed by atoms with van der Waals surface area (Å²) in [5, 5.41) is 20.5. The van der Waals surface area contributed by atoms with Crippen molar-refractivity contribution < 1.29 is 24.5 Å². The van der Waals surface area contributed by atoms with E-state index in [4.69, 9.17) is 4.74 Å². The maximum absolute atomic E-state index is 12.9. The summed E-state index contributed by atoms with van der Waals surface area (Å²) >= 11 is 0. The molecular weight excluding hydrogens is 320 g/mol. The summed E-state index contributed by atoms with van der Waals surface area (Å²) in [6, 6.07) is 6.46. The van der Waals surface area contributed by atoms with Crippen LogP contribution in [0.15, 0.2) is 36.4 Å². The van der Waals surface area contributed by atoms with E-state index in [0.717, 1.165) is 5.57 Å². The van der Waals surface area contributed by atoms with E-state index in [1.54, 1.807) is 31.2 Å². The molecule has 0 aromatic heterocycles. The molecule has 0 amide bonds. The van der Waals surface area contributed by atoms with E-state index in [1.807, 2.05) is 0 Å². The maximum atomic E-state index is 12.9. The molecule has 0 saturated carbocycles. The highest BCUT2D eigenvalue weighted by molar-refractivity contribution is 6.30. The number of phenolic OH excluding ortho intramolecular Hbond substituents is 1. The highest BCUT2D eigenvalue weighted by Gasteiger charge is 2.37. The molecule has 0 fully saturated rings. The number of ether oxygens (including phenoxy) is 1. The van der Waals surface area contributed by atoms with Gasteiger partial charge in [-0.2, -0.15) is 0 Å². The number of phenols is 1. The molecule has 0 saturated heterocycles. The van der Waals surface area contributed by atoms with Crippen LogP contribution in [0.4, 0.5) is 0 Å². The van der Waals surface area contributed by atoms with Gasteiger partial charge in [0.05, 0.1) is 24.8 Å². The number of ketones is 2. The molecule has 0 heterocycles. The monoisotopic (exact) mass is 338 g/mol. The minimum Gasteiger partial charge on any atom is -0.507 e. The molecule has 0 atom stereocenters. The van der Waals surface area contributed by atoms with Crippen LogP contribution in [0.5, 0.6) is 11.5 Å². The first-order valence-corrected chi connectivity index (χ1v) is 7.80. The fraction of sp³-hybridized carbons (Fsp3) is 0.200. The number of aliphatic hydroxyl groups excluding tert-OH is 1. The second-order valence-electron chi connectivity index (χ2n) is 6.08. The average Bonchev–Trinajstić information content (AvgIpc) is 2.60. The molecule has 3 rings (SSSR count). The number of allylic oxidation sites excluding steroid dienone is 1. The largest absolute Gasteiger partial charge is 0.507 e. The third-order valence-electron chi connectivity index (χ3n) is 4.35. The SMILES string of the molecule is C=C(C)Cc1c(O)c2c(c(OC)c1CO)C(=O)c1ccccc1C2=O. The Kier molecular flexibility index (Phi) is 4.18. The van der Waals surface area contributed by atoms with Crippen LogP contribution in [0.3, 0.4) is 0 Å². The second kappa shape index (κ2) is 6.18. The van der Waals surface area contributed by atoms with Crippen LogP contribution in [0.25, 0.3) is 0 Å². The summed E-state index contributed by atoms with van der Waals surface area (Å²) < 4.78 is 5.37. The molecule has 0 unspecified atom stereocenters. The van der Waals surface area contributed by atoms with Gasteiger partial charge in [-0.25, -0.2) is 0 Å². The van der Waals surface area contributed by atoms with Gasteiger partial charge in [0.25, 0.3) is 0 Å². The third kappa shape index (κ3) is 2.44. The highest BCUT2D eigenvalue weighted by atomic mass is 16.5. The summed E-state index contributed by atoms with van der Waals surface area (Å²) in [4.78, 5) is 25.9. The number of fused-ring (bicyclic) bond motifs is 2. The number of hydrogen-bond donors (Lipinski definition) is 2. The summed E-state index contributed by atoms with van der Waals surface area (Å²) in [6.45, 7) is 5.16. The van der Waals surface area contributed by atoms with Gasteiger partial charge in [0.1, 0.15) is 11.5 Å². The van der Waals surface area contributed by atoms with Crippen molar-refractivity contribution in [1.29, 1.82) is 0 Å². The zero-order chi connectivity index (χ0) is 18.3. The fourth-order valence-electron chi connectivity index (χ4n) is 3.28. The van der Waals surface area contributed by atoms with Gasteiger partial charge in [-0.15, -0.1) is 0 Å². The smallest absolute Gasteiger partial charge is 0.198 e. The normalized spacial score (nSPS) is 12.6. The number of carbonyl (C=O) groups is 2. The van der Waals surface area contributed by atoms with Gasteiger partial charge in [0.2, 0.25) is 0 Å². The Labute approximate surface area is 145 Å². The van der Waals surface area contributed by atoms with Crippen molar-refractivity contribution in [3.8, 4) is 11.5 Å². The van der Waals surface area contributed by atoms with Crippen LogP contribution in [0.1, 0.15) is 49.9 Å². The predicted molar refractivity (Wildman–Crippen MR) is 92.4 cm³/mol. The van der Waals surface area contributed by atoms with Crippen molar-refractivity contribution in [3.05, 3.63) is 69.8 Å². The lowest BCUT2D eigenvalue weighted by molar-refractivity contribution is 0.0973. The topological polar surface area (TPSA) is 83.8 Å². The van der Waals surface area contributed by atoms with E-state index in [0.29, 0.717) is 11.1 Å².